The summed E-state index contributed by atoms with van der Waals surface area (Å²) in [5.41, 5.74) is 3.31. The molecular weight excluding hydrogens is 461 g/mol. The second-order valence-electron chi connectivity index (χ2n) is 8.85. The molecule has 6 rings (SSSR count). The fourth-order valence-corrected chi connectivity index (χ4v) is 5.31. The molecule has 2 aromatic heterocycles. The number of fused-ring (bicyclic) bond motifs is 4. The number of amides is 2. The zero-order valence-corrected chi connectivity index (χ0v) is 18.6. The molecule has 2 atom stereocenters. The molecule has 1 fully saturated rings. The van der Waals surface area contributed by atoms with Gasteiger partial charge in [0, 0.05) is 29.6 Å². The molecule has 0 spiro atoms. The lowest BCUT2D eigenvalue weighted by atomic mass is 10.0. The van der Waals surface area contributed by atoms with Crippen molar-refractivity contribution in [3.63, 3.8) is 0 Å². The summed E-state index contributed by atoms with van der Waals surface area (Å²) >= 11 is 6.47. The second kappa shape index (κ2) is 7.95. The normalized spacial score (nSPS) is 19.2. The Kier molecular flexibility index (Phi) is 4.88. The molecule has 0 radical (unpaired) electrons. The third-order valence-electron chi connectivity index (χ3n) is 6.65. The minimum atomic E-state index is -0.589. The molecular formula is C24H19ClFN5O3. The van der Waals surface area contributed by atoms with E-state index >= 15 is 4.39 Å². The average molecular weight is 480 g/mol. The number of likely N-dealkylation sites (tertiary alicyclic amines) is 1. The van der Waals surface area contributed by atoms with Crippen LogP contribution in [0.25, 0.3) is 22.0 Å². The Morgan fingerprint density at radius 2 is 2.12 bits per heavy atom. The first-order chi connectivity index (χ1) is 16.4. The molecule has 8 nitrogen and oxygen atoms in total. The van der Waals surface area contributed by atoms with Crippen molar-refractivity contribution in [1.29, 1.82) is 0 Å². The Hall–Kier alpha value is -3.72. The van der Waals surface area contributed by atoms with Crippen molar-refractivity contribution in [3.8, 4) is 11.1 Å². The Morgan fingerprint density at radius 3 is 3.00 bits per heavy atom. The minimum absolute atomic E-state index is 0.0130. The maximum absolute atomic E-state index is 15.0. The summed E-state index contributed by atoms with van der Waals surface area (Å²) in [5, 5.41) is 14.4. The lowest BCUT2D eigenvalue weighted by Crippen LogP contribution is -2.41. The number of H-pyrrole nitrogens is 1. The number of anilines is 1. The summed E-state index contributed by atoms with van der Waals surface area (Å²) in [5.74, 6) is -0.355. The standard InChI is InChI=1S/C24H19ClFN5O3/c25-18-9-22(19(26)8-17(18)13-1-2-14-11-34-30-21(14)6-13)27-24(33)31-10-12-3-16(31)5-15-7-23(32)29-28-20(15)4-12/h1-2,6-9,11-12,16H,3-5,10H2,(H,27,33)(H,29,32)/t12?,16-/m0/s1. The van der Waals surface area contributed by atoms with Crippen LogP contribution in [0.2, 0.25) is 5.02 Å². The largest absolute Gasteiger partial charge is 0.364 e. The van der Waals surface area contributed by atoms with Crippen LogP contribution in [0.15, 0.2) is 52.0 Å². The van der Waals surface area contributed by atoms with E-state index in [0.29, 0.717) is 41.1 Å². The van der Waals surface area contributed by atoms with Gasteiger partial charge in [0.05, 0.1) is 16.4 Å². The van der Waals surface area contributed by atoms with Gasteiger partial charge in [0.15, 0.2) is 0 Å². The quantitative estimate of drug-likeness (QED) is 0.443. The van der Waals surface area contributed by atoms with Gasteiger partial charge >= 0.3 is 6.03 Å². The Morgan fingerprint density at radius 1 is 1.24 bits per heavy atom. The van der Waals surface area contributed by atoms with E-state index in [0.717, 1.165) is 23.1 Å². The fraction of sp³-hybridized carbons (Fsp3) is 0.250. The van der Waals surface area contributed by atoms with Crippen molar-refractivity contribution in [2.45, 2.75) is 25.3 Å². The summed E-state index contributed by atoms with van der Waals surface area (Å²) < 4.78 is 20.0. The molecule has 10 heteroatoms. The monoisotopic (exact) mass is 479 g/mol. The summed E-state index contributed by atoms with van der Waals surface area (Å²) in [6.45, 7) is 0.544. The van der Waals surface area contributed by atoms with Gasteiger partial charge in [-0.05, 0) is 60.6 Å². The lowest BCUT2D eigenvalue weighted by molar-refractivity contribution is 0.204. The van der Waals surface area contributed by atoms with Gasteiger partial charge in [-0.25, -0.2) is 14.3 Å². The van der Waals surface area contributed by atoms with Gasteiger partial charge in [-0.15, -0.1) is 0 Å². The van der Waals surface area contributed by atoms with Crippen LogP contribution in [-0.4, -0.2) is 38.9 Å². The number of nitrogens with one attached hydrogen (secondary N) is 2. The highest BCUT2D eigenvalue weighted by atomic mass is 35.5. The molecule has 1 unspecified atom stereocenters. The van der Waals surface area contributed by atoms with E-state index in [-0.39, 0.29) is 29.2 Å². The van der Waals surface area contributed by atoms with Gasteiger partial charge in [0.25, 0.3) is 5.56 Å². The van der Waals surface area contributed by atoms with Gasteiger partial charge in [-0.2, -0.15) is 5.10 Å². The Balaban J connectivity index is 1.24. The van der Waals surface area contributed by atoms with Gasteiger partial charge in [-0.1, -0.05) is 22.8 Å². The number of hydrogen-bond donors (Lipinski definition) is 2. The third kappa shape index (κ3) is 3.62. The van der Waals surface area contributed by atoms with Gasteiger partial charge in [-0.3, -0.25) is 4.79 Å². The molecule has 2 amide bonds. The van der Waals surface area contributed by atoms with Crippen molar-refractivity contribution in [2.24, 2.45) is 5.92 Å². The number of carbonyl (C=O) groups excluding carboxylic acids is 1. The summed E-state index contributed by atoms with van der Waals surface area (Å²) in [4.78, 5) is 26.5. The molecule has 2 aromatic carbocycles. The molecule has 0 saturated carbocycles. The molecule has 2 aliphatic rings. The van der Waals surface area contributed by atoms with Gasteiger partial charge in [0.2, 0.25) is 0 Å². The third-order valence-corrected chi connectivity index (χ3v) is 6.96. The number of carbonyl (C=O) groups is 1. The minimum Gasteiger partial charge on any atom is -0.364 e. The smallest absolute Gasteiger partial charge is 0.322 e. The SMILES string of the molecule is O=C(Nc1cc(Cl)c(-c2ccc3conc3c2)cc1F)N1CC2Cc3n[nH]c(=O)cc3C[C@@H]1C2. The number of halogens is 2. The highest BCUT2D eigenvalue weighted by Gasteiger charge is 2.39. The number of rotatable bonds is 2. The number of benzene rings is 2. The summed E-state index contributed by atoms with van der Waals surface area (Å²) in [6, 6.07) is 9.20. The van der Waals surface area contributed by atoms with Crippen molar-refractivity contribution in [1.82, 2.24) is 20.3 Å². The summed E-state index contributed by atoms with van der Waals surface area (Å²) in [7, 11) is 0. The first kappa shape index (κ1) is 20.9. The van der Waals surface area contributed by atoms with E-state index in [2.05, 4.69) is 20.7 Å². The van der Waals surface area contributed by atoms with Crippen LogP contribution in [0.4, 0.5) is 14.9 Å². The predicted octanol–water partition coefficient (Wildman–Crippen LogP) is 4.39. The molecule has 2 bridgehead atoms. The molecule has 2 N–H and O–H groups in total. The molecule has 3 heterocycles. The highest BCUT2D eigenvalue weighted by Crippen LogP contribution is 2.36. The number of urea groups is 1. The zero-order chi connectivity index (χ0) is 23.4. The number of hydrogen-bond acceptors (Lipinski definition) is 5. The molecule has 34 heavy (non-hydrogen) atoms. The summed E-state index contributed by atoms with van der Waals surface area (Å²) in [6.07, 6.45) is 3.58. The van der Waals surface area contributed by atoms with Crippen LogP contribution < -0.4 is 10.9 Å². The van der Waals surface area contributed by atoms with Crippen LogP contribution in [0, 0.1) is 11.7 Å². The van der Waals surface area contributed by atoms with Crippen molar-refractivity contribution in [2.75, 3.05) is 11.9 Å². The zero-order valence-electron chi connectivity index (χ0n) is 17.8. The molecule has 1 aliphatic carbocycles. The maximum atomic E-state index is 15.0. The van der Waals surface area contributed by atoms with Crippen LogP contribution in [0.5, 0.6) is 0 Å². The molecule has 4 aromatic rings. The number of aromatic amines is 1. The molecule has 1 saturated heterocycles. The topological polar surface area (TPSA) is 104 Å². The van der Waals surface area contributed by atoms with Crippen molar-refractivity contribution < 1.29 is 13.7 Å². The van der Waals surface area contributed by atoms with Gasteiger partial charge < -0.3 is 14.7 Å². The lowest BCUT2D eigenvalue weighted by Gasteiger charge is -2.26. The van der Waals surface area contributed by atoms with Crippen LogP contribution >= 0.6 is 11.6 Å². The van der Waals surface area contributed by atoms with Crippen molar-refractivity contribution >= 4 is 34.2 Å². The van der Waals surface area contributed by atoms with E-state index in [1.54, 1.807) is 17.0 Å². The fourth-order valence-electron chi connectivity index (χ4n) is 5.03. The van der Waals surface area contributed by atoms with E-state index in [4.69, 9.17) is 16.1 Å². The van der Waals surface area contributed by atoms with Crippen LogP contribution in [-0.2, 0) is 12.8 Å². The predicted molar refractivity (Wildman–Crippen MR) is 124 cm³/mol. The van der Waals surface area contributed by atoms with E-state index in [1.165, 1.54) is 18.4 Å². The van der Waals surface area contributed by atoms with E-state index < -0.39 is 5.82 Å². The second-order valence-corrected chi connectivity index (χ2v) is 9.26. The van der Waals surface area contributed by atoms with Gasteiger partial charge in [0.1, 0.15) is 17.6 Å². The van der Waals surface area contributed by atoms with E-state index in [9.17, 15) is 9.59 Å². The number of aromatic nitrogens is 3. The molecule has 1 aliphatic heterocycles. The first-order valence-corrected chi connectivity index (χ1v) is 11.3. The maximum Gasteiger partial charge on any atom is 0.322 e. The molecule has 172 valence electrons. The van der Waals surface area contributed by atoms with Crippen LogP contribution in [0.1, 0.15) is 17.7 Å². The van der Waals surface area contributed by atoms with Crippen molar-refractivity contribution in [3.05, 3.63) is 75.1 Å². The Labute approximate surface area is 197 Å². The highest BCUT2D eigenvalue weighted by molar-refractivity contribution is 6.33. The average Bonchev–Trinajstić information content (AvgIpc) is 3.39. The van der Waals surface area contributed by atoms with Crippen LogP contribution in [0.3, 0.4) is 0 Å². The van der Waals surface area contributed by atoms with E-state index in [1.807, 2.05) is 12.1 Å². The number of nitrogens with zero attached hydrogens (tertiary/aromatic N) is 3. The first-order valence-electron chi connectivity index (χ1n) is 10.9. The Bertz CT molecular complexity index is 1500.